The van der Waals surface area contributed by atoms with E-state index in [0.29, 0.717) is 24.6 Å². The first kappa shape index (κ1) is 23.1. The maximum Gasteiger partial charge on any atom is 0.264 e. The molecule has 1 amide bonds. The van der Waals surface area contributed by atoms with Gasteiger partial charge in [0.1, 0.15) is 12.3 Å². The van der Waals surface area contributed by atoms with Crippen LogP contribution in [0.2, 0.25) is 0 Å². The summed E-state index contributed by atoms with van der Waals surface area (Å²) in [4.78, 5) is 13.5. The standard InChI is InChI=1S/C21H28N2O4S2/c1-4-6-15-22-21(24)16-23(17-7-9-18(10-8-17)27-5-2)29(25,26)20-13-11-19(28-3)12-14-20/h7-14H,4-6,15-16H2,1-3H3,(H,22,24). The van der Waals surface area contributed by atoms with E-state index in [2.05, 4.69) is 5.32 Å². The number of ether oxygens (including phenoxy) is 1. The molecular weight excluding hydrogens is 408 g/mol. The van der Waals surface area contributed by atoms with Crippen LogP contribution in [0.1, 0.15) is 26.7 Å². The molecule has 6 nitrogen and oxygen atoms in total. The molecule has 0 atom stereocenters. The van der Waals surface area contributed by atoms with E-state index in [4.69, 9.17) is 4.74 Å². The molecule has 0 aliphatic carbocycles. The highest BCUT2D eigenvalue weighted by Crippen LogP contribution is 2.27. The van der Waals surface area contributed by atoms with Crippen molar-refractivity contribution in [2.45, 2.75) is 36.5 Å². The number of nitrogens with one attached hydrogen (secondary N) is 1. The van der Waals surface area contributed by atoms with Gasteiger partial charge >= 0.3 is 0 Å². The summed E-state index contributed by atoms with van der Waals surface area (Å²) in [5, 5.41) is 2.78. The predicted octanol–water partition coefficient (Wildman–Crippen LogP) is 3.92. The molecule has 0 bridgehead atoms. The Hall–Kier alpha value is -2.19. The van der Waals surface area contributed by atoms with Crippen LogP contribution in [0.4, 0.5) is 5.69 Å². The molecule has 0 unspecified atom stereocenters. The third kappa shape index (κ3) is 6.40. The maximum absolute atomic E-state index is 13.3. The Bertz CT molecular complexity index is 882. The summed E-state index contributed by atoms with van der Waals surface area (Å²) >= 11 is 1.53. The molecule has 2 aromatic rings. The summed E-state index contributed by atoms with van der Waals surface area (Å²) in [6.45, 7) is 4.66. The zero-order valence-electron chi connectivity index (χ0n) is 17.1. The van der Waals surface area contributed by atoms with E-state index in [0.717, 1.165) is 22.0 Å². The number of carbonyl (C=O) groups excluding carboxylic acids is 1. The van der Waals surface area contributed by atoms with Crippen LogP contribution >= 0.6 is 11.8 Å². The SMILES string of the molecule is CCCCNC(=O)CN(c1ccc(OCC)cc1)S(=O)(=O)c1ccc(SC)cc1. The van der Waals surface area contributed by atoms with Crippen molar-refractivity contribution in [3.63, 3.8) is 0 Å². The number of amides is 1. The first-order valence-electron chi connectivity index (χ1n) is 9.58. The quantitative estimate of drug-likeness (QED) is 0.427. The normalized spacial score (nSPS) is 11.1. The van der Waals surface area contributed by atoms with Crippen LogP contribution in [0.15, 0.2) is 58.3 Å². The summed E-state index contributed by atoms with van der Waals surface area (Å²) in [6.07, 6.45) is 3.72. The Kier molecular flexibility index (Phi) is 8.85. The zero-order valence-corrected chi connectivity index (χ0v) is 18.7. The third-order valence-corrected chi connectivity index (χ3v) is 6.75. The molecule has 0 aliphatic rings. The number of nitrogens with zero attached hydrogens (tertiary/aromatic N) is 1. The number of benzene rings is 2. The second-order valence-electron chi connectivity index (χ2n) is 6.32. The second-order valence-corrected chi connectivity index (χ2v) is 9.06. The highest BCUT2D eigenvalue weighted by Gasteiger charge is 2.27. The van der Waals surface area contributed by atoms with Crippen molar-refractivity contribution < 1.29 is 17.9 Å². The van der Waals surface area contributed by atoms with Gasteiger partial charge < -0.3 is 10.1 Å². The van der Waals surface area contributed by atoms with Gasteiger partial charge in [0.05, 0.1) is 17.2 Å². The van der Waals surface area contributed by atoms with Gasteiger partial charge in [0.15, 0.2) is 0 Å². The van der Waals surface area contributed by atoms with E-state index in [1.165, 1.54) is 11.8 Å². The van der Waals surface area contributed by atoms with Gasteiger partial charge in [-0.3, -0.25) is 9.10 Å². The van der Waals surface area contributed by atoms with Gasteiger partial charge in [0.25, 0.3) is 10.0 Å². The first-order valence-corrected chi connectivity index (χ1v) is 12.2. The van der Waals surface area contributed by atoms with Crippen molar-refractivity contribution >= 4 is 33.4 Å². The molecule has 0 radical (unpaired) electrons. The van der Waals surface area contributed by atoms with Crippen LogP contribution in [0, 0.1) is 0 Å². The van der Waals surface area contributed by atoms with Crippen LogP contribution in [0.3, 0.4) is 0 Å². The smallest absolute Gasteiger partial charge is 0.264 e. The molecule has 8 heteroatoms. The summed E-state index contributed by atoms with van der Waals surface area (Å²) in [6, 6.07) is 13.4. The second kappa shape index (κ2) is 11.1. The molecular formula is C21H28N2O4S2. The fraction of sp³-hybridized carbons (Fsp3) is 0.381. The maximum atomic E-state index is 13.3. The number of hydrogen-bond acceptors (Lipinski definition) is 5. The Balaban J connectivity index is 2.35. The van der Waals surface area contributed by atoms with Crippen LogP contribution in [-0.4, -0.2) is 40.3 Å². The van der Waals surface area contributed by atoms with Gasteiger partial charge in [-0.1, -0.05) is 13.3 Å². The highest BCUT2D eigenvalue weighted by molar-refractivity contribution is 7.98. The minimum absolute atomic E-state index is 0.144. The van der Waals surface area contributed by atoms with Crippen LogP contribution < -0.4 is 14.4 Å². The Morgan fingerprint density at radius 3 is 2.28 bits per heavy atom. The summed E-state index contributed by atoms with van der Waals surface area (Å²) in [5.41, 5.74) is 0.410. The van der Waals surface area contributed by atoms with Crippen molar-refractivity contribution in [3.05, 3.63) is 48.5 Å². The minimum atomic E-state index is -3.91. The topological polar surface area (TPSA) is 75.7 Å². The number of hydrogen-bond donors (Lipinski definition) is 1. The Morgan fingerprint density at radius 2 is 1.72 bits per heavy atom. The molecule has 0 spiro atoms. The lowest BCUT2D eigenvalue weighted by molar-refractivity contribution is -0.119. The van der Waals surface area contributed by atoms with E-state index in [9.17, 15) is 13.2 Å². The molecule has 0 saturated carbocycles. The van der Waals surface area contributed by atoms with E-state index < -0.39 is 10.0 Å². The first-order chi connectivity index (χ1) is 13.9. The van der Waals surface area contributed by atoms with E-state index >= 15 is 0 Å². The average Bonchev–Trinajstić information content (AvgIpc) is 2.73. The monoisotopic (exact) mass is 436 g/mol. The molecule has 2 rings (SSSR count). The van der Waals surface area contributed by atoms with Gasteiger partial charge in [0.2, 0.25) is 5.91 Å². The Labute approximate surface area is 177 Å². The molecule has 0 fully saturated rings. The van der Waals surface area contributed by atoms with E-state index in [1.54, 1.807) is 48.5 Å². The van der Waals surface area contributed by atoms with Crippen molar-refractivity contribution in [1.82, 2.24) is 5.32 Å². The predicted molar refractivity (Wildman–Crippen MR) is 118 cm³/mol. The fourth-order valence-electron chi connectivity index (χ4n) is 2.66. The molecule has 0 aromatic heterocycles. The number of rotatable bonds is 11. The number of unbranched alkanes of at least 4 members (excludes halogenated alkanes) is 1. The van der Waals surface area contributed by atoms with Crippen LogP contribution in [-0.2, 0) is 14.8 Å². The molecule has 0 saturated heterocycles. The molecule has 2 aromatic carbocycles. The molecule has 29 heavy (non-hydrogen) atoms. The van der Waals surface area contributed by atoms with Gasteiger partial charge in [0, 0.05) is 11.4 Å². The van der Waals surface area contributed by atoms with Gasteiger partial charge in [-0.05, 0) is 68.1 Å². The molecule has 1 N–H and O–H groups in total. The van der Waals surface area contributed by atoms with Gasteiger partial charge in [-0.15, -0.1) is 11.8 Å². The zero-order chi connectivity index (χ0) is 21.3. The summed E-state index contributed by atoms with van der Waals surface area (Å²) < 4.78 is 33.2. The highest BCUT2D eigenvalue weighted by atomic mass is 32.2. The van der Waals surface area contributed by atoms with Crippen LogP contribution in [0.5, 0.6) is 5.75 Å². The van der Waals surface area contributed by atoms with E-state index in [1.807, 2.05) is 20.1 Å². The summed E-state index contributed by atoms with van der Waals surface area (Å²) in [7, 11) is -3.91. The number of carbonyl (C=O) groups is 1. The summed E-state index contributed by atoms with van der Waals surface area (Å²) in [5.74, 6) is 0.307. The van der Waals surface area contributed by atoms with Gasteiger partial charge in [-0.2, -0.15) is 0 Å². The Morgan fingerprint density at radius 1 is 1.07 bits per heavy atom. The van der Waals surface area contributed by atoms with Crippen molar-refractivity contribution in [2.24, 2.45) is 0 Å². The van der Waals surface area contributed by atoms with Crippen LogP contribution in [0.25, 0.3) is 0 Å². The number of sulfonamides is 1. The fourth-order valence-corrected chi connectivity index (χ4v) is 4.49. The largest absolute Gasteiger partial charge is 0.494 e. The van der Waals surface area contributed by atoms with E-state index in [-0.39, 0.29) is 17.3 Å². The molecule has 0 aliphatic heterocycles. The van der Waals surface area contributed by atoms with Crippen molar-refractivity contribution in [1.29, 1.82) is 0 Å². The molecule has 0 heterocycles. The third-order valence-electron chi connectivity index (χ3n) is 4.22. The average molecular weight is 437 g/mol. The lowest BCUT2D eigenvalue weighted by Gasteiger charge is -2.24. The minimum Gasteiger partial charge on any atom is -0.494 e. The lowest BCUT2D eigenvalue weighted by atomic mass is 10.3. The van der Waals surface area contributed by atoms with Crippen molar-refractivity contribution in [3.8, 4) is 5.75 Å². The molecule has 158 valence electrons. The lowest BCUT2D eigenvalue weighted by Crippen LogP contribution is -2.41. The van der Waals surface area contributed by atoms with Crippen molar-refractivity contribution in [2.75, 3.05) is 30.3 Å². The number of thioether (sulfide) groups is 1. The number of anilines is 1. The van der Waals surface area contributed by atoms with Gasteiger partial charge in [-0.25, -0.2) is 8.42 Å².